The van der Waals surface area contributed by atoms with Crippen molar-refractivity contribution in [2.45, 2.75) is 52.9 Å². The van der Waals surface area contributed by atoms with Crippen molar-refractivity contribution in [2.24, 2.45) is 7.05 Å². The van der Waals surface area contributed by atoms with E-state index in [1.54, 1.807) is 47.7 Å². The third-order valence-corrected chi connectivity index (χ3v) is 4.97. The summed E-state index contributed by atoms with van der Waals surface area (Å²) in [6.45, 7) is 9.19. The van der Waals surface area contributed by atoms with Gasteiger partial charge in [0, 0.05) is 20.1 Å². The average Bonchev–Trinajstić information content (AvgIpc) is 3.19. The Labute approximate surface area is 208 Å². The van der Waals surface area contributed by atoms with Crippen LogP contribution >= 0.6 is 0 Å². The number of nitrogens with zero attached hydrogens (tertiary/aromatic N) is 6. The zero-order valence-electron chi connectivity index (χ0n) is 21.5. The fourth-order valence-corrected chi connectivity index (χ4v) is 3.35. The number of carbonyl (C=O) groups is 2. The SMILES string of the molecule is Cc1cc(N(C)C(=O)OC(C)(C)C)c2ncc(C(=O)N[C@H](C)COCc3cc(N)c(=O)n(C)n3)n2n1. The Hall–Kier alpha value is -4.00. The van der Waals surface area contributed by atoms with Crippen LogP contribution in [0.3, 0.4) is 0 Å². The molecule has 0 aliphatic carbocycles. The van der Waals surface area contributed by atoms with E-state index in [9.17, 15) is 14.4 Å². The number of ether oxygens (including phenoxy) is 2. The molecule has 0 fully saturated rings. The van der Waals surface area contributed by atoms with E-state index in [1.807, 2.05) is 0 Å². The van der Waals surface area contributed by atoms with E-state index >= 15 is 0 Å². The minimum absolute atomic E-state index is 0.0829. The zero-order valence-corrected chi connectivity index (χ0v) is 21.5. The van der Waals surface area contributed by atoms with Gasteiger partial charge in [-0.2, -0.15) is 10.2 Å². The van der Waals surface area contributed by atoms with E-state index in [0.717, 1.165) is 4.68 Å². The van der Waals surface area contributed by atoms with Crippen LogP contribution in [0.5, 0.6) is 0 Å². The smallest absolute Gasteiger partial charge is 0.414 e. The maximum Gasteiger partial charge on any atom is 0.414 e. The van der Waals surface area contributed by atoms with Gasteiger partial charge in [-0.3, -0.25) is 14.5 Å². The van der Waals surface area contributed by atoms with Crippen LogP contribution in [0.1, 0.15) is 49.6 Å². The van der Waals surface area contributed by atoms with Gasteiger partial charge in [-0.1, -0.05) is 0 Å². The van der Waals surface area contributed by atoms with Gasteiger partial charge in [0.05, 0.1) is 36.5 Å². The van der Waals surface area contributed by atoms with Crippen molar-refractivity contribution in [1.29, 1.82) is 0 Å². The minimum Gasteiger partial charge on any atom is -0.443 e. The Morgan fingerprint density at radius 2 is 1.94 bits per heavy atom. The molecule has 194 valence electrons. The first-order chi connectivity index (χ1) is 16.8. The molecule has 36 heavy (non-hydrogen) atoms. The molecule has 3 aromatic rings. The van der Waals surface area contributed by atoms with Gasteiger partial charge in [0.1, 0.15) is 11.3 Å². The van der Waals surface area contributed by atoms with Crippen LogP contribution < -0.4 is 21.5 Å². The number of nitrogens with one attached hydrogen (secondary N) is 1. The lowest BCUT2D eigenvalue weighted by Crippen LogP contribution is -2.37. The van der Waals surface area contributed by atoms with E-state index in [0.29, 0.717) is 22.7 Å². The number of nitrogen functional groups attached to an aromatic ring is 1. The van der Waals surface area contributed by atoms with Gasteiger partial charge in [0.25, 0.3) is 11.5 Å². The molecule has 0 aliphatic heterocycles. The summed E-state index contributed by atoms with van der Waals surface area (Å²) in [6, 6.07) is 2.80. The highest BCUT2D eigenvalue weighted by Crippen LogP contribution is 2.23. The van der Waals surface area contributed by atoms with Gasteiger partial charge in [0.2, 0.25) is 0 Å². The summed E-state index contributed by atoms with van der Waals surface area (Å²) in [7, 11) is 3.08. The predicted molar refractivity (Wildman–Crippen MR) is 133 cm³/mol. The van der Waals surface area contributed by atoms with Crippen molar-refractivity contribution in [2.75, 3.05) is 24.3 Å². The molecular formula is C23H32N8O5. The molecule has 3 N–H and O–H groups in total. The van der Waals surface area contributed by atoms with Crippen molar-refractivity contribution in [3.05, 3.63) is 45.8 Å². The molecule has 0 radical (unpaired) electrons. The first-order valence-corrected chi connectivity index (χ1v) is 11.3. The molecule has 13 heteroatoms. The number of rotatable bonds is 7. The molecule has 3 heterocycles. The lowest BCUT2D eigenvalue weighted by Gasteiger charge is -2.25. The summed E-state index contributed by atoms with van der Waals surface area (Å²) in [5, 5.41) is 11.3. The average molecular weight is 501 g/mol. The van der Waals surface area contributed by atoms with E-state index in [1.165, 1.54) is 28.7 Å². The lowest BCUT2D eigenvalue weighted by molar-refractivity contribution is 0.0589. The molecule has 0 unspecified atom stereocenters. The fraction of sp³-hybridized carbons (Fsp3) is 0.478. The largest absolute Gasteiger partial charge is 0.443 e. The van der Waals surface area contributed by atoms with Gasteiger partial charge < -0.3 is 20.5 Å². The number of fused-ring (bicyclic) bond motifs is 1. The summed E-state index contributed by atoms with van der Waals surface area (Å²) in [5.41, 5.74) is 6.78. The topological polar surface area (TPSA) is 159 Å². The van der Waals surface area contributed by atoms with Crippen molar-refractivity contribution in [3.63, 3.8) is 0 Å². The highest BCUT2D eigenvalue weighted by Gasteiger charge is 2.25. The van der Waals surface area contributed by atoms with E-state index in [4.69, 9.17) is 15.2 Å². The summed E-state index contributed by atoms with van der Waals surface area (Å²) < 4.78 is 13.6. The Morgan fingerprint density at radius 1 is 1.25 bits per heavy atom. The molecule has 0 aliphatic rings. The molecule has 1 atom stereocenters. The summed E-state index contributed by atoms with van der Waals surface area (Å²) in [6.07, 6.45) is 0.846. The highest BCUT2D eigenvalue weighted by molar-refractivity contribution is 5.96. The maximum atomic E-state index is 13.0. The van der Waals surface area contributed by atoms with E-state index in [2.05, 4.69) is 20.5 Å². The molecule has 0 aromatic carbocycles. The van der Waals surface area contributed by atoms with E-state index < -0.39 is 17.6 Å². The number of imidazole rings is 1. The lowest BCUT2D eigenvalue weighted by atomic mass is 10.2. The number of amides is 2. The second kappa shape index (κ2) is 10.3. The van der Waals surface area contributed by atoms with Crippen molar-refractivity contribution >= 4 is 29.0 Å². The second-order valence-corrected chi connectivity index (χ2v) is 9.50. The molecular weight excluding hydrogens is 468 g/mol. The Kier molecular flexibility index (Phi) is 7.62. The quantitative estimate of drug-likeness (QED) is 0.489. The van der Waals surface area contributed by atoms with Crippen molar-refractivity contribution < 1.29 is 19.1 Å². The predicted octanol–water partition coefficient (Wildman–Crippen LogP) is 1.42. The number of hydrogen-bond donors (Lipinski definition) is 2. The van der Waals surface area contributed by atoms with Gasteiger partial charge in [-0.15, -0.1) is 0 Å². The molecule has 0 spiro atoms. The second-order valence-electron chi connectivity index (χ2n) is 9.50. The molecule has 3 aromatic heterocycles. The Morgan fingerprint density at radius 3 is 2.58 bits per heavy atom. The number of carbonyl (C=O) groups excluding carboxylic acids is 2. The number of aromatic nitrogens is 5. The highest BCUT2D eigenvalue weighted by atomic mass is 16.6. The Balaban J connectivity index is 1.70. The number of aryl methyl sites for hydroxylation is 2. The standard InChI is InChI=1S/C23H32N8O5/c1-13-8-17(29(6)22(34)36-23(3,4)5)19-25-10-18(31(19)27-13)20(32)26-14(2)11-35-12-15-9-16(24)21(33)30(7)28-15/h8-10,14H,11-12,24H2,1-7H3,(H,26,32)/t14-/m1/s1. The summed E-state index contributed by atoms with van der Waals surface area (Å²) >= 11 is 0. The Bertz CT molecular complexity index is 1310. The minimum atomic E-state index is -0.664. The third kappa shape index (κ3) is 6.16. The van der Waals surface area contributed by atoms with Crippen molar-refractivity contribution in [1.82, 2.24) is 29.7 Å². The maximum absolute atomic E-state index is 13.0. The van der Waals surface area contributed by atoms with Crippen LogP contribution in [0.4, 0.5) is 16.2 Å². The summed E-state index contributed by atoms with van der Waals surface area (Å²) in [4.78, 5) is 42.9. The van der Waals surface area contributed by atoms with Gasteiger partial charge in [-0.05, 0) is 46.8 Å². The van der Waals surface area contributed by atoms with Crippen LogP contribution in [0.2, 0.25) is 0 Å². The van der Waals surface area contributed by atoms with Crippen LogP contribution in [-0.2, 0) is 23.1 Å². The molecule has 0 saturated carbocycles. The molecule has 3 rings (SSSR count). The number of hydrogen-bond acceptors (Lipinski definition) is 9. The molecule has 13 nitrogen and oxygen atoms in total. The van der Waals surface area contributed by atoms with Crippen LogP contribution in [0, 0.1) is 6.92 Å². The molecule has 0 saturated heterocycles. The third-order valence-electron chi connectivity index (χ3n) is 4.97. The van der Waals surface area contributed by atoms with Crippen LogP contribution in [0.15, 0.2) is 23.1 Å². The van der Waals surface area contributed by atoms with Gasteiger partial charge in [-0.25, -0.2) is 19.0 Å². The molecule has 2 amide bonds. The van der Waals surface area contributed by atoms with Gasteiger partial charge in [0.15, 0.2) is 11.3 Å². The van der Waals surface area contributed by atoms with Crippen LogP contribution in [-0.4, -0.2) is 61.7 Å². The van der Waals surface area contributed by atoms with Crippen LogP contribution in [0.25, 0.3) is 5.65 Å². The summed E-state index contributed by atoms with van der Waals surface area (Å²) in [5.74, 6) is -0.410. The first-order valence-electron chi connectivity index (χ1n) is 11.3. The zero-order chi connectivity index (χ0) is 26.8. The number of nitrogens with two attached hydrogens (primary N) is 1. The monoisotopic (exact) mass is 500 g/mol. The molecule has 0 bridgehead atoms. The number of anilines is 2. The van der Waals surface area contributed by atoms with E-state index in [-0.39, 0.29) is 36.2 Å². The fourth-order valence-electron chi connectivity index (χ4n) is 3.35. The first kappa shape index (κ1) is 26.6. The van der Waals surface area contributed by atoms with Crippen molar-refractivity contribution in [3.8, 4) is 0 Å². The van der Waals surface area contributed by atoms with Gasteiger partial charge >= 0.3 is 6.09 Å². The normalized spacial score (nSPS) is 12.4.